The molecule has 0 spiro atoms. The Morgan fingerprint density at radius 1 is 0.426 bits per heavy atom. The van der Waals surface area contributed by atoms with Crippen molar-refractivity contribution in [3.8, 4) is 44.9 Å². The van der Waals surface area contributed by atoms with E-state index in [1.165, 1.54) is 72.1 Å². The number of hydrogen-bond donors (Lipinski definition) is 0. The van der Waals surface area contributed by atoms with Crippen LogP contribution in [0.1, 0.15) is 49.9 Å². The van der Waals surface area contributed by atoms with Crippen LogP contribution in [0.25, 0.3) is 44.2 Å². The highest BCUT2D eigenvalue weighted by Crippen LogP contribution is 2.63. The largest absolute Gasteiger partial charge is 0.453 e. The van der Waals surface area contributed by atoms with Crippen LogP contribution in [-0.4, -0.2) is 0 Å². The molecule has 0 bridgehead atoms. The van der Waals surface area contributed by atoms with E-state index in [0.29, 0.717) is 0 Å². The van der Waals surface area contributed by atoms with Crippen LogP contribution in [0.2, 0.25) is 0 Å². The highest BCUT2D eigenvalue weighted by atomic mass is 16.5. The predicted molar refractivity (Wildman–Crippen MR) is 254 cm³/mol. The monoisotopic (exact) mass is 784 g/mol. The minimum absolute atomic E-state index is 0.125. The highest BCUT2D eigenvalue weighted by Gasteiger charge is 2.44. The molecule has 9 aromatic rings. The Balaban J connectivity index is 1.03. The molecule has 0 saturated heterocycles. The number of hydrogen-bond acceptors (Lipinski definition) is 3. The van der Waals surface area contributed by atoms with Crippen molar-refractivity contribution in [3.05, 3.63) is 216 Å². The number of ether oxygens (including phenoxy) is 1. The van der Waals surface area contributed by atoms with Gasteiger partial charge in [-0.3, -0.25) is 0 Å². The molecule has 0 saturated carbocycles. The third-order valence-corrected chi connectivity index (χ3v) is 13.6. The van der Waals surface area contributed by atoms with Crippen molar-refractivity contribution < 1.29 is 4.74 Å². The number of nitrogens with zero attached hydrogens (tertiary/aromatic N) is 2. The van der Waals surface area contributed by atoms with Crippen LogP contribution in [-0.2, 0) is 10.8 Å². The molecule has 0 aromatic heterocycles. The molecule has 0 unspecified atom stereocenters. The van der Waals surface area contributed by atoms with Gasteiger partial charge in [0.1, 0.15) is 0 Å². The maximum Gasteiger partial charge on any atom is 0.152 e. The summed E-state index contributed by atoms with van der Waals surface area (Å²) in [5, 5.41) is 2.37. The van der Waals surface area contributed by atoms with E-state index in [-0.39, 0.29) is 10.8 Å². The Hall–Kier alpha value is -7.36. The maximum atomic E-state index is 6.85. The van der Waals surface area contributed by atoms with Crippen molar-refractivity contribution in [2.45, 2.75) is 38.5 Å². The van der Waals surface area contributed by atoms with Crippen LogP contribution in [0.3, 0.4) is 0 Å². The van der Waals surface area contributed by atoms with Gasteiger partial charge in [-0.2, -0.15) is 0 Å². The minimum Gasteiger partial charge on any atom is -0.453 e. The molecule has 0 atom stereocenters. The Labute approximate surface area is 357 Å². The fraction of sp³-hybridized carbons (Fsp3) is 0.103. The van der Waals surface area contributed by atoms with Gasteiger partial charge < -0.3 is 14.5 Å². The number of rotatable bonds is 5. The predicted octanol–water partition coefficient (Wildman–Crippen LogP) is 16.2. The van der Waals surface area contributed by atoms with Gasteiger partial charge in [-0.1, -0.05) is 173 Å². The fourth-order valence-corrected chi connectivity index (χ4v) is 10.7. The summed E-state index contributed by atoms with van der Waals surface area (Å²) in [6, 6.07) is 71.0. The summed E-state index contributed by atoms with van der Waals surface area (Å²) in [4.78, 5) is 4.92. The molecule has 3 aliphatic rings. The van der Waals surface area contributed by atoms with Crippen LogP contribution in [0.4, 0.5) is 34.1 Å². The lowest BCUT2D eigenvalue weighted by molar-refractivity contribution is 0.472. The van der Waals surface area contributed by atoms with Gasteiger partial charge in [0.15, 0.2) is 11.5 Å². The smallest absolute Gasteiger partial charge is 0.152 e. The van der Waals surface area contributed by atoms with E-state index in [0.717, 1.165) is 39.9 Å². The number of para-hydroxylation sites is 2. The second-order valence-electron chi connectivity index (χ2n) is 17.7. The van der Waals surface area contributed by atoms with Crippen molar-refractivity contribution in [2.24, 2.45) is 0 Å². The minimum atomic E-state index is -0.312. The van der Waals surface area contributed by atoms with Crippen molar-refractivity contribution in [1.82, 2.24) is 0 Å². The Kier molecular flexibility index (Phi) is 7.62. The second kappa shape index (κ2) is 13.1. The highest BCUT2D eigenvalue weighted by molar-refractivity contribution is 6.07. The molecule has 1 aliphatic carbocycles. The Morgan fingerprint density at radius 3 is 1.87 bits per heavy atom. The first-order valence-corrected chi connectivity index (χ1v) is 21.4. The van der Waals surface area contributed by atoms with Gasteiger partial charge in [0.05, 0.1) is 22.7 Å². The number of fused-ring (bicyclic) bond motifs is 9. The summed E-state index contributed by atoms with van der Waals surface area (Å²) >= 11 is 0. The molecule has 2 heterocycles. The lowest BCUT2D eigenvalue weighted by Gasteiger charge is -2.46. The van der Waals surface area contributed by atoms with Crippen LogP contribution >= 0.6 is 0 Å². The van der Waals surface area contributed by atoms with Gasteiger partial charge in [-0.25, -0.2) is 0 Å². The van der Waals surface area contributed by atoms with E-state index in [4.69, 9.17) is 4.74 Å². The van der Waals surface area contributed by atoms with E-state index < -0.39 is 0 Å². The molecular weight excluding hydrogens is 741 g/mol. The Bertz CT molecular complexity index is 3230. The molecule has 0 amide bonds. The van der Waals surface area contributed by atoms with E-state index in [9.17, 15) is 0 Å². The lowest BCUT2D eigenvalue weighted by Crippen LogP contribution is -2.33. The number of anilines is 6. The molecule has 0 fully saturated rings. The molecule has 0 N–H and O–H groups in total. The molecule has 3 heteroatoms. The Morgan fingerprint density at radius 2 is 1.03 bits per heavy atom. The first-order valence-electron chi connectivity index (χ1n) is 21.4. The summed E-state index contributed by atoms with van der Waals surface area (Å²) in [6.07, 6.45) is 0. The molecule has 12 rings (SSSR count). The topological polar surface area (TPSA) is 15.7 Å². The molecule has 292 valence electrons. The van der Waals surface area contributed by atoms with E-state index >= 15 is 0 Å². The molecule has 61 heavy (non-hydrogen) atoms. The van der Waals surface area contributed by atoms with Crippen molar-refractivity contribution in [1.29, 1.82) is 0 Å². The zero-order chi connectivity index (χ0) is 41.0. The fourth-order valence-electron chi connectivity index (χ4n) is 10.7. The molecule has 2 aliphatic heterocycles. The summed E-state index contributed by atoms with van der Waals surface area (Å²) in [6.45, 7) is 9.45. The normalized spacial score (nSPS) is 14.6. The van der Waals surface area contributed by atoms with Crippen molar-refractivity contribution >= 4 is 44.9 Å². The summed E-state index contributed by atoms with van der Waals surface area (Å²) in [5.41, 5.74) is 19.0. The first kappa shape index (κ1) is 35.6. The van der Waals surface area contributed by atoms with Crippen LogP contribution in [0.5, 0.6) is 11.5 Å². The van der Waals surface area contributed by atoms with Crippen LogP contribution < -0.4 is 14.5 Å². The van der Waals surface area contributed by atoms with Crippen LogP contribution in [0.15, 0.2) is 194 Å². The molecular formula is C58H44N2O. The summed E-state index contributed by atoms with van der Waals surface area (Å²) in [5.74, 6) is 1.75. The zero-order valence-corrected chi connectivity index (χ0v) is 34.8. The zero-order valence-electron chi connectivity index (χ0n) is 34.8. The van der Waals surface area contributed by atoms with Gasteiger partial charge in [0.25, 0.3) is 0 Å². The average molecular weight is 785 g/mol. The average Bonchev–Trinajstić information content (AvgIpc) is 3.53. The quantitative estimate of drug-likeness (QED) is 0.173. The summed E-state index contributed by atoms with van der Waals surface area (Å²) < 4.78 is 6.85. The van der Waals surface area contributed by atoms with E-state index in [1.54, 1.807) is 0 Å². The van der Waals surface area contributed by atoms with E-state index in [2.05, 4.69) is 232 Å². The third-order valence-electron chi connectivity index (χ3n) is 13.6. The summed E-state index contributed by atoms with van der Waals surface area (Å²) in [7, 11) is 0. The molecule has 3 nitrogen and oxygen atoms in total. The second-order valence-corrected chi connectivity index (χ2v) is 17.7. The van der Waals surface area contributed by atoms with Gasteiger partial charge >= 0.3 is 0 Å². The lowest BCUT2D eigenvalue weighted by atomic mass is 9.70. The SMILES string of the molecule is CC1(C)c2ccccc2-c2ccc(N(c3ccc(-c4ccc5c6c4C(C)(C)c4ccccc4N6c4c(ccc6ccccc46)O5)cc3)c3ccccc3-c3ccccc3)cc21. The standard InChI is InChI=1S/C58H44N2O/c1-57(2)47-22-12-10-21-45(47)46-32-31-41(36-49(46)57)59(50-24-14-11-19-42(50)37-16-6-5-7-17-37)40-29-26-39(27-30-40)43-33-35-53-56-54(43)58(3,4)48-23-13-15-25-51(48)60(56)55-44-20-9-8-18-38(44)28-34-52(55)61-53/h5-36H,1-4H3. The van der Waals surface area contributed by atoms with E-state index in [1.807, 2.05) is 0 Å². The molecule has 9 aromatic carbocycles. The van der Waals surface area contributed by atoms with Gasteiger partial charge in [0, 0.05) is 33.2 Å². The van der Waals surface area contributed by atoms with Gasteiger partial charge in [-0.15, -0.1) is 0 Å². The van der Waals surface area contributed by atoms with Crippen molar-refractivity contribution in [2.75, 3.05) is 9.80 Å². The maximum absolute atomic E-state index is 6.85. The van der Waals surface area contributed by atoms with Crippen molar-refractivity contribution in [3.63, 3.8) is 0 Å². The van der Waals surface area contributed by atoms with Gasteiger partial charge in [-0.05, 0) is 104 Å². The first-order chi connectivity index (χ1) is 29.8. The van der Waals surface area contributed by atoms with Crippen LogP contribution in [0, 0.1) is 0 Å². The third kappa shape index (κ3) is 5.17. The van der Waals surface area contributed by atoms with Gasteiger partial charge in [0.2, 0.25) is 0 Å². The molecule has 0 radical (unpaired) electrons. The number of benzene rings is 9.